The van der Waals surface area contributed by atoms with Crippen molar-refractivity contribution in [2.24, 2.45) is 0 Å². The first-order valence-electron chi connectivity index (χ1n) is 6.34. The average Bonchev–Trinajstić information content (AvgIpc) is 2.77. The number of rotatable bonds is 2. The van der Waals surface area contributed by atoms with Gasteiger partial charge in [-0.1, -0.05) is 36.1 Å². The first kappa shape index (κ1) is 14.9. The molecular formula is C16H9F2NOS2. The molecule has 6 heteroatoms. The van der Waals surface area contributed by atoms with E-state index in [1.807, 2.05) is 0 Å². The van der Waals surface area contributed by atoms with Gasteiger partial charge in [-0.25, -0.2) is 8.78 Å². The van der Waals surface area contributed by atoms with Gasteiger partial charge in [0.1, 0.15) is 11.6 Å². The van der Waals surface area contributed by atoms with E-state index in [1.54, 1.807) is 18.2 Å². The Balaban J connectivity index is 1.91. The number of hydrogen-bond donors (Lipinski definition) is 0. The second-order valence-electron chi connectivity index (χ2n) is 4.55. The zero-order valence-corrected chi connectivity index (χ0v) is 12.8. The molecule has 0 bridgehead atoms. The molecule has 1 saturated heterocycles. The molecule has 1 amide bonds. The van der Waals surface area contributed by atoms with E-state index in [1.165, 1.54) is 41.3 Å². The molecule has 0 saturated carbocycles. The number of carbonyl (C=O) groups excluding carboxylic acids is 1. The van der Waals surface area contributed by atoms with Crippen molar-refractivity contribution in [2.45, 2.75) is 0 Å². The van der Waals surface area contributed by atoms with Crippen LogP contribution in [0.3, 0.4) is 0 Å². The molecule has 0 atom stereocenters. The summed E-state index contributed by atoms with van der Waals surface area (Å²) in [5.74, 6) is -0.988. The van der Waals surface area contributed by atoms with Gasteiger partial charge in [0.2, 0.25) is 0 Å². The highest BCUT2D eigenvalue weighted by Crippen LogP contribution is 2.35. The monoisotopic (exact) mass is 333 g/mol. The van der Waals surface area contributed by atoms with Crippen molar-refractivity contribution in [2.75, 3.05) is 4.90 Å². The fraction of sp³-hybridized carbons (Fsp3) is 0. The molecule has 1 aliphatic heterocycles. The lowest BCUT2D eigenvalue weighted by Gasteiger charge is -2.14. The summed E-state index contributed by atoms with van der Waals surface area (Å²) in [6.07, 6.45) is 1.66. The van der Waals surface area contributed by atoms with Crippen LogP contribution in [0.2, 0.25) is 0 Å². The van der Waals surface area contributed by atoms with E-state index < -0.39 is 0 Å². The van der Waals surface area contributed by atoms with E-state index in [2.05, 4.69) is 0 Å². The summed E-state index contributed by atoms with van der Waals surface area (Å²) in [7, 11) is 0. The smallest absolute Gasteiger partial charge is 0.268 e. The molecule has 0 radical (unpaired) electrons. The largest absolute Gasteiger partial charge is 0.270 e. The van der Waals surface area contributed by atoms with Gasteiger partial charge in [0.15, 0.2) is 4.32 Å². The summed E-state index contributed by atoms with van der Waals surface area (Å²) in [5.41, 5.74) is 1.23. The fourth-order valence-electron chi connectivity index (χ4n) is 1.99. The van der Waals surface area contributed by atoms with Crippen molar-refractivity contribution in [3.8, 4) is 0 Å². The minimum absolute atomic E-state index is 0.272. The van der Waals surface area contributed by atoms with Crippen molar-refractivity contribution in [1.82, 2.24) is 0 Å². The Labute approximate surface area is 135 Å². The summed E-state index contributed by atoms with van der Waals surface area (Å²) < 4.78 is 26.3. The molecular weight excluding hydrogens is 324 g/mol. The molecule has 3 rings (SSSR count). The standard InChI is InChI=1S/C16H9F2NOS2/c17-11-3-1-10(2-4-11)9-14-15(20)19(16(21)22-14)13-7-5-12(18)6-8-13/h1-9H/b14-9-. The minimum atomic E-state index is -0.379. The lowest BCUT2D eigenvalue weighted by Crippen LogP contribution is -2.27. The van der Waals surface area contributed by atoms with E-state index in [0.717, 1.165) is 11.8 Å². The summed E-state index contributed by atoms with van der Waals surface area (Å²) in [4.78, 5) is 14.3. The quantitative estimate of drug-likeness (QED) is 0.601. The highest BCUT2D eigenvalue weighted by Gasteiger charge is 2.33. The van der Waals surface area contributed by atoms with Gasteiger partial charge >= 0.3 is 0 Å². The van der Waals surface area contributed by atoms with Gasteiger partial charge in [-0.2, -0.15) is 0 Å². The number of anilines is 1. The third-order valence-corrected chi connectivity index (χ3v) is 4.35. The zero-order chi connectivity index (χ0) is 15.7. The number of carbonyl (C=O) groups is 1. The van der Waals surface area contributed by atoms with Crippen molar-refractivity contribution in [1.29, 1.82) is 0 Å². The van der Waals surface area contributed by atoms with Crippen LogP contribution in [0.5, 0.6) is 0 Å². The van der Waals surface area contributed by atoms with E-state index in [9.17, 15) is 13.6 Å². The fourth-order valence-corrected chi connectivity index (χ4v) is 3.29. The maximum atomic E-state index is 13.0. The van der Waals surface area contributed by atoms with E-state index in [-0.39, 0.29) is 17.5 Å². The molecule has 22 heavy (non-hydrogen) atoms. The van der Waals surface area contributed by atoms with Crippen LogP contribution in [-0.4, -0.2) is 10.2 Å². The molecule has 0 N–H and O–H groups in total. The van der Waals surface area contributed by atoms with Crippen molar-refractivity contribution in [3.05, 3.63) is 70.6 Å². The summed E-state index contributed by atoms with van der Waals surface area (Å²) in [5, 5.41) is 0. The third kappa shape index (κ3) is 2.93. The van der Waals surface area contributed by atoms with Crippen molar-refractivity contribution >= 4 is 46.0 Å². The molecule has 2 nitrogen and oxygen atoms in total. The topological polar surface area (TPSA) is 20.3 Å². The minimum Gasteiger partial charge on any atom is -0.268 e. The van der Waals surface area contributed by atoms with Crippen LogP contribution in [0.15, 0.2) is 53.4 Å². The normalized spacial score (nSPS) is 16.6. The Hall–Kier alpha value is -2.05. The maximum absolute atomic E-state index is 13.0. The molecule has 1 aliphatic rings. The van der Waals surface area contributed by atoms with Crippen molar-refractivity contribution < 1.29 is 13.6 Å². The van der Waals surface area contributed by atoms with Crippen LogP contribution in [0.25, 0.3) is 6.08 Å². The number of amides is 1. The number of benzene rings is 2. The van der Waals surface area contributed by atoms with Crippen LogP contribution in [0.1, 0.15) is 5.56 Å². The summed E-state index contributed by atoms with van der Waals surface area (Å²) >= 11 is 6.38. The van der Waals surface area contributed by atoms with Crippen LogP contribution in [0, 0.1) is 11.6 Å². The van der Waals surface area contributed by atoms with Gasteiger partial charge in [-0.3, -0.25) is 9.69 Å². The lowest BCUT2D eigenvalue weighted by molar-refractivity contribution is -0.113. The molecule has 0 spiro atoms. The van der Waals surface area contributed by atoms with Gasteiger partial charge in [0.05, 0.1) is 10.6 Å². The molecule has 1 fully saturated rings. The zero-order valence-electron chi connectivity index (χ0n) is 11.1. The number of hydrogen-bond acceptors (Lipinski definition) is 3. The van der Waals surface area contributed by atoms with Crippen LogP contribution in [0.4, 0.5) is 14.5 Å². The Bertz CT molecular complexity index is 770. The first-order chi connectivity index (χ1) is 10.5. The first-order valence-corrected chi connectivity index (χ1v) is 7.56. The molecule has 0 aliphatic carbocycles. The van der Waals surface area contributed by atoms with E-state index in [4.69, 9.17) is 12.2 Å². The highest BCUT2D eigenvalue weighted by atomic mass is 32.2. The average molecular weight is 333 g/mol. The lowest BCUT2D eigenvalue weighted by atomic mass is 10.2. The van der Waals surface area contributed by atoms with E-state index >= 15 is 0 Å². The number of thiocarbonyl (C=S) groups is 1. The summed E-state index contributed by atoms with van der Waals surface area (Å²) in [6.45, 7) is 0. The van der Waals surface area contributed by atoms with Crippen molar-refractivity contribution in [3.63, 3.8) is 0 Å². The maximum Gasteiger partial charge on any atom is 0.270 e. The molecule has 0 unspecified atom stereocenters. The van der Waals surface area contributed by atoms with Gasteiger partial charge in [-0.15, -0.1) is 0 Å². The third-order valence-electron chi connectivity index (χ3n) is 3.05. The number of thioether (sulfide) groups is 1. The Morgan fingerprint density at radius 3 is 2.09 bits per heavy atom. The molecule has 110 valence electrons. The molecule has 2 aromatic rings. The van der Waals surface area contributed by atoms with Gasteiger partial charge in [0, 0.05) is 0 Å². The second-order valence-corrected chi connectivity index (χ2v) is 6.22. The van der Waals surface area contributed by atoms with Gasteiger partial charge < -0.3 is 0 Å². The van der Waals surface area contributed by atoms with Crippen LogP contribution >= 0.6 is 24.0 Å². The molecule has 1 heterocycles. The summed E-state index contributed by atoms with van der Waals surface area (Å²) in [6, 6.07) is 11.4. The number of halogens is 2. The highest BCUT2D eigenvalue weighted by molar-refractivity contribution is 8.27. The second kappa shape index (κ2) is 5.98. The predicted molar refractivity (Wildman–Crippen MR) is 88.5 cm³/mol. The van der Waals surface area contributed by atoms with Gasteiger partial charge in [-0.05, 0) is 48.0 Å². The molecule has 0 aromatic heterocycles. The number of nitrogens with zero attached hydrogens (tertiary/aromatic N) is 1. The molecule has 2 aromatic carbocycles. The Morgan fingerprint density at radius 2 is 1.50 bits per heavy atom. The van der Waals surface area contributed by atoms with Crippen LogP contribution in [-0.2, 0) is 4.79 Å². The van der Waals surface area contributed by atoms with Crippen LogP contribution < -0.4 is 4.90 Å². The van der Waals surface area contributed by atoms with Gasteiger partial charge in [0.25, 0.3) is 5.91 Å². The predicted octanol–water partition coefficient (Wildman–Crippen LogP) is 4.37. The SMILES string of the molecule is O=C1/C(=C/c2ccc(F)cc2)SC(=S)N1c1ccc(F)cc1. The van der Waals surface area contributed by atoms with E-state index in [0.29, 0.717) is 20.5 Å². The Morgan fingerprint density at radius 1 is 0.955 bits per heavy atom. The Kier molecular flexibility index (Phi) is 4.04.